The first-order valence-electron chi connectivity index (χ1n) is 10.2. The Balaban J connectivity index is 3.41. The fraction of sp³-hybridized carbons (Fsp3) is 0.857. The van der Waals surface area contributed by atoms with Gasteiger partial charge in [-0.25, -0.2) is 0 Å². The van der Waals surface area contributed by atoms with Crippen molar-refractivity contribution in [3.8, 4) is 0 Å². The Hall–Kier alpha value is -0.830. The Labute approximate surface area is 150 Å². The molecule has 0 radical (unpaired) electrons. The van der Waals surface area contributed by atoms with E-state index in [0.29, 0.717) is 5.76 Å². The van der Waals surface area contributed by atoms with Crippen LogP contribution in [0.25, 0.3) is 0 Å². The highest BCUT2D eigenvalue weighted by Crippen LogP contribution is 2.09. The van der Waals surface area contributed by atoms with Crippen molar-refractivity contribution in [3.05, 3.63) is 11.8 Å². The Morgan fingerprint density at radius 2 is 1.29 bits per heavy atom. The summed E-state index contributed by atoms with van der Waals surface area (Å²) in [5, 5.41) is 0. The van der Waals surface area contributed by atoms with Gasteiger partial charge in [0.25, 0.3) is 0 Å². The number of carbonyl (C=O) groups is 1. The molecule has 0 spiro atoms. The Morgan fingerprint density at radius 1 is 0.750 bits per heavy atom. The third-order valence-electron chi connectivity index (χ3n) is 4.22. The van der Waals surface area contributed by atoms with Crippen molar-refractivity contribution in [3.63, 3.8) is 0 Å². The molecule has 0 heterocycles. The van der Waals surface area contributed by atoms with Crippen LogP contribution in [-0.2, 0) is 14.3 Å². The maximum absolute atomic E-state index is 11.0. The van der Waals surface area contributed by atoms with Crippen molar-refractivity contribution >= 4 is 6.29 Å². The first kappa shape index (κ1) is 23.2. The van der Waals surface area contributed by atoms with E-state index in [1.54, 1.807) is 0 Å². The molecule has 0 aromatic heterocycles. The Kier molecular flexibility index (Phi) is 19.5. The van der Waals surface area contributed by atoms with E-state index in [1.807, 2.05) is 6.08 Å². The van der Waals surface area contributed by atoms with Crippen LogP contribution in [0.15, 0.2) is 11.8 Å². The van der Waals surface area contributed by atoms with Gasteiger partial charge in [-0.2, -0.15) is 0 Å². The molecule has 0 aromatic rings. The fourth-order valence-corrected chi connectivity index (χ4v) is 2.64. The van der Waals surface area contributed by atoms with Crippen LogP contribution in [0.4, 0.5) is 0 Å². The van der Waals surface area contributed by atoms with Crippen LogP contribution >= 0.6 is 0 Å². The number of carbonyl (C=O) groups excluding carboxylic acids is 1. The summed E-state index contributed by atoms with van der Waals surface area (Å²) in [4.78, 5) is 11.0. The first-order valence-corrected chi connectivity index (χ1v) is 10.2. The van der Waals surface area contributed by atoms with E-state index in [-0.39, 0.29) is 6.79 Å². The summed E-state index contributed by atoms with van der Waals surface area (Å²) >= 11 is 0. The summed E-state index contributed by atoms with van der Waals surface area (Å²) in [5.41, 5.74) is 0. The van der Waals surface area contributed by atoms with E-state index in [4.69, 9.17) is 9.47 Å². The minimum atomic E-state index is 0.191. The SMILES string of the molecule is CCCCCCCC/C=C(\C=O)OCOCCCCCCCCC. The highest BCUT2D eigenvalue weighted by atomic mass is 16.7. The number of rotatable bonds is 19. The molecule has 0 amide bonds. The summed E-state index contributed by atoms with van der Waals surface area (Å²) in [7, 11) is 0. The fourth-order valence-electron chi connectivity index (χ4n) is 2.64. The maximum atomic E-state index is 11.0. The van der Waals surface area contributed by atoms with Crippen molar-refractivity contribution in [2.45, 2.75) is 104 Å². The lowest BCUT2D eigenvalue weighted by Crippen LogP contribution is -2.02. The van der Waals surface area contributed by atoms with E-state index in [2.05, 4.69) is 13.8 Å². The monoisotopic (exact) mass is 340 g/mol. The van der Waals surface area contributed by atoms with Crippen LogP contribution in [-0.4, -0.2) is 19.7 Å². The number of allylic oxidation sites excluding steroid dienone is 2. The summed E-state index contributed by atoms with van der Waals surface area (Å²) < 4.78 is 10.8. The van der Waals surface area contributed by atoms with E-state index in [0.717, 1.165) is 32.2 Å². The molecule has 0 aliphatic rings. The number of unbranched alkanes of at least 4 members (excludes halogenated alkanes) is 12. The van der Waals surface area contributed by atoms with Gasteiger partial charge in [0.1, 0.15) is 0 Å². The van der Waals surface area contributed by atoms with E-state index in [1.165, 1.54) is 70.6 Å². The third-order valence-corrected chi connectivity index (χ3v) is 4.22. The summed E-state index contributed by atoms with van der Waals surface area (Å²) in [6.07, 6.45) is 20.1. The second-order valence-corrected chi connectivity index (χ2v) is 6.57. The molecule has 0 bridgehead atoms. The minimum Gasteiger partial charge on any atom is -0.464 e. The number of hydrogen-bond donors (Lipinski definition) is 0. The Bertz CT molecular complexity index is 287. The van der Waals surface area contributed by atoms with Gasteiger partial charge in [0.15, 0.2) is 18.8 Å². The molecule has 0 atom stereocenters. The molecule has 0 fully saturated rings. The van der Waals surface area contributed by atoms with Crippen LogP contribution in [0, 0.1) is 0 Å². The molecular weight excluding hydrogens is 300 g/mol. The van der Waals surface area contributed by atoms with Gasteiger partial charge in [-0.15, -0.1) is 0 Å². The zero-order valence-electron chi connectivity index (χ0n) is 16.2. The number of aldehydes is 1. The summed E-state index contributed by atoms with van der Waals surface area (Å²) in [5.74, 6) is 0.420. The normalized spacial score (nSPS) is 11.7. The second-order valence-electron chi connectivity index (χ2n) is 6.57. The van der Waals surface area contributed by atoms with Gasteiger partial charge < -0.3 is 9.47 Å². The van der Waals surface area contributed by atoms with Gasteiger partial charge in [-0.1, -0.05) is 84.5 Å². The lowest BCUT2D eigenvalue weighted by Gasteiger charge is -2.07. The summed E-state index contributed by atoms with van der Waals surface area (Å²) in [6.45, 7) is 5.38. The molecule has 0 aliphatic heterocycles. The highest BCUT2D eigenvalue weighted by molar-refractivity contribution is 5.69. The van der Waals surface area contributed by atoms with E-state index < -0.39 is 0 Å². The smallest absolute Gasteiger partial charge is 0.189 e. The second kappa shape index (κ2) is 20.2. The molecule has 0 saturated heterocycles. The standard InChI is InChI=1S/C21H40O3/c1-3-5-7-9-11-13-15-17-21(19-22)24-20-23-18-16-14-12-10-8-6-4-2/h17,19H,3-16,18,20H2,1-2H3/b21-17+. The molecule has 3 heteroatoms. The van der Waals surface area contributed by atoms with Crippen LogP contribution < -0.4 is 0 Å². The zero-order chi connectivity index (χ0) is 17.7. The quantitative estimate of drug-likeness (QED) is 0.0878. The zero-order valence-corrected chi connectivity index (χ0v) is 16.2. The predicted octanol–water partition coefficient (Wildman–Crippen LogP) is 6.56. The third kappa shape index (κ3) is 17.5. The van der Waals surface area contributed by atoms with Gasteiger partial charge in [-0.05, 0) is 25.3 Å². The van der Waals surface area contributed by atoms with Crippen molar-refractivity contribution in [2.75, 3.05) is 13.4 Å². The lowest BCUT2D eigenvalue weighted by atomic mass is 10.1. The molecule has 0 aromatic carbocycles. The van der Waals surface area contributed by atoms with E-state index in [9.17, 15) is 4.79 Å². The first-order chi connectivity index (χ1) is 11.8. The van der Waals surface area contributed by atoms with Crippen molar-refractivity contribution in [1.29, 1.82) is 0 Å². The van der Waals surface area contributed by atoms with Gasteiger partial charge in [0.2, 0.25) is 0 Å². The summed E-state index contributed by atoms with van der Waals surface area (Å²) in [6, 6.07) is 0. The van der Waals surface area contributed by atoms with Crippen LogP contribution in [0.5, 0.6) is 0 Å². The largest absolute Gasteiger partial charge is 0.464 e. The molecule has 0 saturated carbocycles. The average Bonchev–Trinajstić information content (AvgIpc) is 2.60. The molecule has 0 rings (SSSR count). The lowest BCUT2D eigenvalue weighted by molar-refractivity contribution is -0.111. The molecular formula is C21H40O3. The Morgan fingerprint density at radius 3 is 1.88 bits per heavy atom. The van der Waals surface area contributed by atoms with Crippen LogP contribution in [0.3, 0.4) is 0 Å². The van der Waals surface area contributed by atoms with Crippen LogP contribution in [0.2, 0.25) is 0 Å². The van der Waals surface area contributed by atoms with Gasteiger partial charge in [-0.3, -0.25) is 4.79 Å². The molecule has 0 unspecified atom stereocenters. The predicted molar refractivity (Wildman–Crippen MR) is 102 cm³/mol. The van der Waals surface area contributed by atoms with Gasteiger partial charge in [0.05, 0.1) is 6.61 Å². The van der Waals surface area contributed by atoms with Gasteiger partial charge >= 0.3 is 0 Å². The van der Waals surface area contributed by atoms with Crippen molar-refractivity contribution in [1.82, 2.24) is 0 Å². The highest BCUT2D eigenvalue weighted by Gasteiger charge is 1.97. The topological polar surface area (TPSA) is 35.5 Å². The number of ether oxygens (including phenoxy) is 2. The molecule has 0 N–H and O–H groups in total. The molecule has 24 heavy (non-hydrogen) atoms. The molecule has 0 aliphatic carbocycles. The number of hydrogen-bond acceptors (Lipinski definition) is 3. The maximum Gasteiger partial charge on any atom is 0.189 e. The van der Waals surface area contributed by atoms with Crippen LogP contribution in [0.1, 0.15) is 104 Å². The average molecular weight is 341 g/mol. The molecule has 3 nitrogen and oxygen atoms in total. The van der Waals surface area contributed by atoms with Crippen molar-refractivity contribution in [2.24, 2.45) is 0 Å². The van der Waals surface area contributed by atoms with E-state index >= 15 is 0 Å². The van der Waals surface area contributed by atoms with Crippen molar-refractivity contribution < 1.29 is 14.3 Å². The minimum absolute atomic E-state index is 0.191. The molecule has 142 valence electrons. The van der Waals surface area contributed by atoms with Gasteiger partial charge in [0, 0.05) is 0 Å².